The van der Waals surface area contributed by atoms with Crippen LogP contribution in [-0.2, 0) is 20.8 Å². The van der Waals surface area contributed by atoms with E-state index in [-0.39, 0.29) is 31.1 Å². The number of carbonyl (C=O) groups is 3. The van der Waals surface area contributed by atoms with Crippen molar-refractivity contribution in [3.63, 3.8) is 0 Å². The van der Waals surface area contributed by atoms with Crippen molar-refractivity contribution in [3.8, 4) is 0 Å². The van der Waals surface area contributed by atoms with Crippen LogP contribution in [-0.4, -0.2) is 45.8 Å². The van der Waals surface area contributed by atoms with Gasteiger partial charge in [0.05, 0.1) is 0 Å². The third kappa shape index (κ3) is 8.26. The summed E-state index contributed by atoms with van der Waals surface area (Å²) < 4.78 is 0. The molecule has 0 heterocycles. The van der Waals surface area contributed by atoms with Crippen LogP contribution in [0.2, 0.25) is 0 Å². The number of aliphatic carboxylic acids is 1. The number of hydrogen-bond donors (Lipinski definition) is 4. The Labute approximate surface area is 170 Å². The van der Waals surface area contributed by atoms with E-state index in [1.54, 1.807) is 12.1 Å². The number of hydrogen-bond acceptors (Lipinski definition) is 5. The van der Waals surface area contributed by atoms with Gasteiger partial charge in [0.25, 0.3) is 5.91 Å². The number of rotatable bonds is 11. The Kier molecular flexibility index (Phi) is 9.73. The maximum absolute atomic E-state index is 12.8. The summed E-state index contributed by atoms with van der Waals surface area (Å²) in [7, 11) is 0. The minimum absolute atomic E-state index is 0.135. The molecular weight excluding hydrogens is 384 g/mol. The lowest BCUT2D eigenvalue weighted by atomic mass is 10.0. The number of benzene rings is 1. The van der Waals surface area contributed by atoms with Gasteiger partial charge in [0.1, 0.15) is 6.04 Å². The molecule has 0 saturated carbocycles. The van der Waals surface area contributed by atoms with E-state index in [0.717, 1.165) is 5.56 Å². The van der Waals surface area contributed by atoms with Gasteiger partial charge >= 0.3 is 5.97 Å². The number of carbonyl (C=O) groups excluding carboxylic acids is 2. The fraction of sp³-hybridized carbons (Fsp3) is 0.526. The zero-order valence-corrected chi connectivity index (χ0v) is 17.6. The van der Waals surface area contributed by atoms with E-state index >= 15 is 0 Å². The number of nitrogens with one attached hydrogen (secondary N) is 2. The van der Waals surface area contributed by atoms with Crippen LogP contribution in [0.25, 0.3) is 0 Å². The van der Waals surface area contributed by atoms with Gasteiger partial charge in [-0.15, -0.1) is 12.6 Å². The van der Waals surface area contributed by atoms with Gasteiger partial charge in [-0.2, -0.15) is 11.8 Å². The molecule has 0 spiro atoms. The lowest BCUT2D eigenvalue weighted by molar-refractivity contribution is -0.142. The Morgan fingerprint density at radius 3 is 2.37 bits per heavy atom. The van der Waals surface area contributed by atoms with Crippen LogP contribution >= 0.6 is 24.4 Å². The third-order valence-electron chi connectivity index (χ3n) is 3.87. The summed E-state index contributed by atoms with van der Waals surface area (Å²) in [5, 5.41) is 14.7. The van der Waals surface area contributed by atoms with Gasteiger partial charge in [0.15, 0.2) is 4.87 Å². The normalized spacial score (nSPS) is 14.3. The van der Waals surface area contributed by atoms with Gasteiger partial charge in [-0.3, -0.25) is 9.59 Å². The van der Waals surface area contributed by atoms with Gasteiger partial charge < -0.3 is 15.7 Å². The zero-order chi connectivity index (χ0) is 20.4. The van der Waals surface area contributed by atoms with Crippen LogP contribution in [0.5, 0.6) is 0 Å². The summed E-state index contributed by atoms with van der Waals surface area (Å²) in [5.74, 6) is -1.31. The van der Waals surface area contributed by atoms with Crippen molar-refractivity contribution >= 4 is 42.2 Å². The quantitative estimate of drug-likeness (QED) is 0.331. The molecule has 8 heteroatoms. The number of thioether (sulfide) groups is 1. The molecule has 0 fully saturated rings. The van der Waals surface area contributed by atoms with Gasteiger partial charge in [-0.1, -0.05) is 44.2 Å². The number of carboxylic acids is 1. The molecule has 1 rings (SSSR count). The average molecular weight is 413 g/mol. The second-order valence-electron chi connectivity index (χ2n) is 6.80. The largest absolute Gasteiger partial charge is 0.480 e. The van der Waals surface area contributed by atoms with Crippen molar-refractivity contribution in [2.75, 3.05) is 12.0 Å². The molecule has 2 atom stereocenters. The number of carboxylic acid groups (broad SMARTS) is 1. The molecule has 27 heavy (non-hydrogen) atoms. The summed E-state index contributed by atoms with van der Waals surface area (Å²) in [5.41, 5.74) is 0.794. The fourth-order valence-electron chi connectivity index (χ4n) is 2.46. The molecule has 0 aliphatic carbocycles. The maximum atomic E-state index is 12.8. The molecule has 0 aliphatic heterocycles. The van der Waals surface area contributed by atoms with Gasteiger partial charge in [-0.25, -0.2) is 4.79 Å². The summed E-state index contributed by atoms with van der Waals surface area (Å²) in [6.07, 6.45) is 2.58. The first-order chi connectivity index (χ1) is 12.7. The molecule has 0 unspecified atom stereocenters. The highest BCUT2D eigenvalue weighted by molar-refractivity contribution is 7.98. The van der Waals surface area contributed by atoms with Crippen LogP contribution in [0.1, 0.15) is 32.3 Å². The SMILES string of the molecule is CSCC[C@@](S)(NC(=O)CC(C)C)C(=O)N[C@@H](Cc1ccccc1)C(=O)O. The summed E-state index contributed by atoms with van der Waals surface area (Å²) in [4.78, 5) is 35.2. The molecule has 6 nitrogen and oxygen atoms in total. The lowest BCUT2D eigenvalue weighted by Crippen LogP contribution is -2.58. The fourth-order valence-corrected chi connectivity index (χ4v) is 3.43. The highest BCUT2D eigenvalue weighted by atomic mass is 32.2. The minimum Gasteiger partial charge on any atom is -0.480 e. The van der Waals surface area contributed by atoms with E-state index < -0.39 is 22.8 Å². The molecule has 2 amide bonds. The van der Waals surface area contributed by atoms with Crippen molar-refractivity contribution < 1.29 is 19.5 Å². The second kappa shape index (κ2) is 11.2. The Balaban J connectivity index is 2.90. The molecule has 0 saturated heterocycles. The smallest absolute Gasteiger partial charge is 0.326 e. The van der Waals surface area contributed by atoms with Crippen LogP contribution in [0, 0.1) is 5.92 Å². The third-order valence-corrected chi connectivity index (χ3v) is 5.02. The standard InChI is InChI=1S/C19H28N2O4S2/c1-13(2)11-16(22)21-19(26,9-10-27-3)18(25)20-15(17(23)24)12-14-7-5-4-6-8-14/h4-8,13,15,26H,9-12H2,1-3H3,(H,20,25)(H,21,22)(H,23,24)/t15-,19-/m0/s1. The highest BCUT2D eigenvalue weighted by Crippen LogP contribution is 2.20. The first kappa shape index (κ1) is 23.4. The van der Waals surface area contributed by atoms with Crippen molar-refractivity contribution in [2.45, 2.75) is 44.0 Å². The Hall–Kier alpha value is -1.67. The Bertz CT molecular complexity index is 640. The monoisotopic (exact) mass is 412 g/mol. The molecular formula is C19H28N2O4S2. The Morgan fingerprint density at radius 2 is 1.85 bits per heavy atom. The molecule has 1 aromatic carbocycles. The minimum atomic E-state index is -1.46. The average Bonchev–Trinajstić information content (AvgIpc) is 2.59. The summed E-state index contributed by atoms with van der Waals surface area (Å²) >= 11 is 5.95. The molecule has 3 N–H and O–H groups in total. The molecule has 0 aliphatic rings. The van der Waals surface area contributed by atoms with Crippen molar-refractivity contribution in [3.05, 3.63) is 35.9 Å². The van der Waals surface area contributed by atoms with Crippen LogP contribution in [0.4, 0.5) is 0 Å². The molecule has 150 valence electrons. The Morgan fingerprint density at radius 1 is 1.22 bits per heavy atom. The zero-order valence-electron chi connectivity index (χ0n) is 15.9. The summed E-state index contributed by atoms with van der Waals surface area (Å²) in [6.45, 7) is 3.81. The van der Waals surface area contributed by atoms with Crippen LogP contribution < -0.4 is 10.6 Å². The first-order valence-electron chi connectivity index (χ1n) is 8.78. The first-order valence-corrected chi connectivity index (χ1v) is 10.6. The lowest BCUT2D eigenvalue weighted by Gasteiger charge is -2.30. The van der Waals surface area contributed by atoms with Gasteiger partial charge in [-0.05, 0) is 29.9 Å². The van der Waals surface area contributed by atoms with E-state index in [9.17, 15) is 19.5 Å². The topological polar surface area (TPSA) is 95.5 Å². The van der Waals surface area contributed by atoms with Crippen LogP contribution in [0.3, 0.4) is 0 Å². The van der Waals surface area contributed by atoms with Crippen molar-refractivity contribution in [1.29, 1.82) is 0 Å². The van der Waals surface area contributed by atoms with Gasteiger partial charge in [0.2, 0.25) is 5.91 Å². The number of amides is 2. The van der Waals surface area contributed by atoms with E-state index in [0.29, 0.717) is 5.75 Å². The van der Waals surface area contributed by atoms with Gasteiger partial charge in [0, 0.05) is 12.8 Å². The molecule has 0 aromatic heterocycles. The molecule has 0 radical (unpaired) electrons. The molecule has 1 aromatic rings. The van der Waals surface area contributed by atoms with Crippen molar-refractivity contribution in [2.24, 2.45) is 5.92 Å². The van der Waals surface area contributed by atoms with E-state index in [4.69, 9.17) is 0 Å². The summed E-state index contributed by atoms with van der Waals surface area (Å²) in [6, 6.07) is 7.95. The van der Waals surface area contributed by atoms with Crippen LogP contribution in [0.15, 0.2) is 30.3 Å². The maximum Gasteiger partial charge on any atom is 0.326 e. The number of thiol groups is 1. The predicted molar refractivity (Wildman–Crippen MR) is 112 cm³/mol. The predicted octanol–water partition coefficient (Wildman–Crippen LogP) is 2.34. The van der Waals surface area contributed by atoms with E-state index in [1.165, 1.54) is 11.8 Å². The van der Waals surface area contributed by atoms with Crippen molar-refractivity contribution in [1.82, 2.24) is 10.6 Å². The second-order valence-corrected chi connectivity index (χ2v) is 8.55. The highest BCUT2D eigenvalue weighted by Gasteiger charge is 2.38. The van der Waals surface area contributed by atoms with E-state index in [2.05, 4.69) is 23.3 Å². The van der Waals surface area contributed by atoms with E-state index in [1.807, 2.05) is 38.3 Å². The molecule has 0 bridgehead atoms.